The zero-order chi connectivity index (χ0) is 11.4. The molecule has 0 aromatic rings. The zero-order valence-corrected chi connectivity index (χ0v) is 7.82. The van der Waals surface area contributed by atoms with E-state index in [0.717, 1.165) is 0 Å². The van der Waals surface area contributed by atoms with Crippen molar-refractivity contribution in [3.05, 3.63) is 11.5 Å². The number of hydrogen-bond acceptors (Lipinski definition) is 4. The molecule has 15 heavy (non-hydrogen) atoms. The van der Waals surface area contributed by atoms with Crippen LogP contribution < -0.4 is 5.11 Å². The first-order valence-electron chi connectivity index (χ1n) is 3.84. The molecule has 0 aromatic carbocycles. The number of carboxylic acids is 1. The summed E-state index contributed by atoms with van der Waals surface area (Å²) in [5.74, 6) is -4.93. The lowest BCUT2D eigenvalue weighted by atomic mass is 10.1. The van der Waals surface area contributed by atoms with Gasteiger partial charge < -0.3 is 9.90 Å². The summed E-state index contributed by atoms with van der Waals surface area (Å²) in [7, 11) is 0. The molecule has 1 fully saturated rings. The number of carbonyl (C=O) groups is 2. The van der Waals surface area contributed by atoms with Crippen LogP contribution in [0.1, 0.15) is 6.42 Å². The van der Waals surface area contributed by atoms with Gasteiger partial charge in [0.15, 0.2) is 0 Å². The molecule has 0 aromatic heterocycles. The van der Waals surface area contributed by atoms with Crippen LogP contribution in [-0.2, 0) is 9.59 Å². The first-order chi connectivity index (χ1) is 6.84. The van der Waals surface area contributed by atoms with E-state index in [-0.39, 0.29) is 18.2 Å². The molecule has 82 valence electrons. The first-order valence-corrected chi connectivity index (χ1v) is 4.72. The maximum Gasteiger partial charge on any atom is 0.348 e. The van der Waals surface area contributed by atoms with E-state index in [4.69, 9.17) is 0 Å². The summed E-state index contributed by atoms with van der Waals surface area (Å²) in [6, 6.07) is 0. The van der Waals surface area contributed by atoms with Crippen molar-refractivity contribution in [2.24, 2.45) is 0 Å². The van der Waals surface area contributed by atoms with E-state index in [1.165, 1.54) is 0 Å². The third-order valence-corrected chi connectivity index (χ3v) is 3.21. The van der Waals surface area contributed by atoms with Gasteiger partial charge >= 0.3 is 5.25 Å². The van der Waals surface area contributed by atoms with E-state index in [1.54, 1.807) is 0 Å². The van der Waals surface area contributed by atoms with Gasteiger partial charge in [0, 0.05) is 0 Å². The Bertz CT molecular complexity index is 395. The summed E-state index contributed by atoms with van der Waals surface area (Å²) < 4.78 is 38.8. The molecule has 4 nitrogen and oxygen atoms in total. The van der Waals surface area contributed by atoms with Crippen LogP contribution in [0.15, 0.2) is 11.5 Å². The average Bonchev–Trinajstić information content (AvgIpc) is 2.09. The standard InChI is InChI=1S/C7H4F3NO3S/c8-5-4(6(13)14)11-2(12)1-3(11)15-7(5,9)10/h3H,1H2,(H,13,14)/p-1/t3-/m1/s1. The van der Waals surface area contributed by atoms with E-state index in [1.807, 2.05) is 0 Å². The molecule has 2 heterocycles. The fraction of sp³-hybridized carbons (Fsp3) is 0.429. The van der Waals surface area contributed by atoms with Gasteiger partial charge in [-0.3, -0.25) is 9.69 Å². The summed E-state index contributed by atoms with van der Waals surface area (Å²) in [5.41, 5.74) is -1.35. The summed E-state index contributed by atoms with van der Waals surface area (Å²) >= 11 is -0.0808. The van der Waals surface area contributed by atoms with Gasteiger partial charge in [0.05, 0.1) is 17.8 Å². The molecule has 0 spiro atoms. The maximum atomic E-state index is 13.0. The fourth-order valence-corrected chi connectivity index (χ4v) is 2.50. The first kappa shape index (κ1) is 10.3. The molecule has 0 bridgehead atoms. The fourth-order valence-electron chi connectivity index (χ4n) is 1.40. The van der Waals surface area contributed by atoms with Gasteiger partial charge in [-0.2, -0.15) is 8.78 Å². The van der Waals surface area contributed by atoms with E-state index in [0.29, 0.717) is 4.90 Å². The molecular formula is C7H3F3NO3S-. The Hall–Kier alpha value is -1.18. The number of alkyl halides is 2. The normalized spacial score (nSPS) is 28.6. The van der Waals surface area contributed by atoms with Crippen molar-refractivity contribution >= 4 is 23.6 Å². The predicted octanol–water partition coefficient (Wildman–Crippen LogP) is -0.185. The minimum atomic E-state index is -3.91. The highest BCUT2D eigenvalue weighted by Gasteiger charge is 2.55. The van der Waals surface area contributed by atoms with Crippen LogP contribution in [0.3, 0.4) is 0 Å². The highest BCUT2D eigenvalue weighted by Crippen LogP contribution is 2.51. The van der Waals surface area contributed by atoms with Crippen LogP contribution in [0, 0.1) is 0 Å². The van der Waals surface area contributed by atoms with E-state index in [9.17, 15) is 27.9 Å². The number of rotatable bonds is 1. The molecule has 1 atom stereocenters. The second kappa shape index (κ2) is 2.91. The molecule has 2 aliphatic rings. The Kier molecular flexibility index (Phi) is 2.00. The average molecular weight is 238 g/mol. The lowest BCUT2D eigenvalue weighted by Crippen LogP contribution is -2.57. The number of carbonyl (C=O) groups excluding carboxylic acids is 2. The quantitative estimate of drug-likeness (QED) is 0.594. The molecule has 2 rings (SSSR count). The Morgan fingerprint density at radius 3 is 2.67 bits per heavy atom. The monoisotopic (exact) mass is 238 g/mol. The summed E-state index contributed by atoms with van der Waals surface area (Å²) in [5, 5.41) is 5.52. The number of nitrogens with zero attached hydrogens (tertiary/aromatic N) is 1. The van der Waals surface area contributed by atoms with Crippen molar-refractivity contribution < 1.29 is 27.9 Å². The van der Waals surface area contributed by atoms with Crippen LogP contribution >= 0.6 is 11.8 Å². The number of thioether (sulfide) groups is 1. The van der Waals surface area contributed by atoms with Crippen molar-refractivity contribution in [3.63, 3.8) is 0 Å². The lowest BCUT2D eigenvalue weighted by Gasteiger charge is -2.45. The van der Waals surface area contributed by atoms with Crippen molar-refractivity contribution in [1.82, 2.24) is 4.90 Å². The molecule has 0 saturated carbocycles. The van der Waals surface area contributed by atoms with Gasteiger partial charge in [0.25, 0.3) is 0 Å². The minimum Gasteiger partial charge on any atom is -0.543 e. The van der Waals surface area contributed by atoms with Crippen LogP contribution in [0.2, 0.25) is 0 Å². The summed E-state index contributed by atoms with van der Waals surface area (Å²) in [6.45, 7) is 0. The number of halogens is 3. The number of β-lactam (4-membered cyclic amide) rings is 1. The Balaban J connectivity index is 2.50. The van der Waals surface area contributed by atoms with Crippen molar-refractivity contribution in [3.8, 4) is 0 Å². The Labute approximate surface area is 85.7 Å². The Morgan fingerprint density at radius 2 is 2.20 bits per heavy atom. The number of hydrogen-bond donors (Lipinski definition) is 0. The largest absolute Gasteiger partial charge is 0.543 e. The summed E-state index contributed by atoms with van der Waals surface area (Å²) in [6.07, 6.45) is -0.218. The second-order valence-electron chi connectivity index (χ2n) is 3.01. The number of carboxylic acid groups (broad SMARTS) is 1. The predicted molar refractivity (Wildman–Crippen MR) is 40.9 cm³/mol. The van der Waals surface area contributed by atoms with Gasteiger partial charge in [-0.15, -0.1) is 0 Å². The molecule has 8 heteroatoms. The lowest BCUT2D eigenvalue weighted by molar-refractivity contribution is -0.302. The second-order valence-corrected chi connectivity index (χ2v) is 4.30. The number of aliphatic carboxylic acids is 1. The van der Waals surface area contributed by atoms with Gasteiger partial charge in [-0.1, -0.05) is 11.8 Å². The van der Waals surface area contributed by atoms with Crippen LogP contribution in [-0.4, -0.2) is 27.4 Å². The van der Waals surface area contributed by atoms with Crippen molar-refractivity contribution in [1.29, 1.82) is 0 Å². The maximum absolute atomic E-state index is 13.0. The third-order valence-electron chi connectivity index (χ3n) is 2.09. The van der Waals surface area contributed by atoms with Crippen LogP contribution in [0.5, 0.6) is 0 Å². The van der Waals surface area contributed by atoms with E-state index in [2.05, 4.69) is 0 Å². The van der Waals surface area contributed by atoms with Gasteiger partial charge in [0.2, 0.25) is 11.7 Å². The van der Waals surface area contributed by atoms with Crippen molar-refractivity contribution in [2.45, 2.75) is 17.0 Å². The highest BCUT2D eigenvalue weighted by atomic mass is 32.2. The molecule has 1 saturated heterocycles. The van der Waals surface area contributed by atoms with E-state index < -0.39 is 34.0 Å². The molecule has 0 unspecified atom stereocenters. The topological polar surface area (TPSA) is 60.4 Å². The summed E-state index contributed by atoms with van der Waals surface area (Å²) in [4.78, 5) is 21.8. The number of amides is 1. The van der Waals surface area contributed by atoms with Crippen LogP contribution in [0.25, 0.3) is 0 Å². The van der Waals surface area contributed by atoms with Gasteiger partial charge in [0.1, 0.15) is 5.70 Å². The molecule has 1 amide bonds. The van der Waals surface area contributed by atoms with Crippen LogP contribution in [0.4, 0.5) is 13.2 Å². The molecule has 2 aliphatic heterocycles. The molecular weight excluding hydrogens is 235 g/mol. The van der Waals surface area contributed by atoms with Gasteiger partial charge in [-0.05, 0) is 0 Å². The van der Waals surface area contributed by atoms with Crippen molar-refractivity contribution in [2.75, 3.05) is 0 Å². The van der Waals surface area contributed by atoms with Gasteiger partial charge in [-0.25, -0.2) is 4.39 Å². The molecule has 0 N–H and O–H groups in total. The molecule has 0 aliphatic carbocycles. The zero-order valence-electron chi connectivity index (χ0n) is 7.00. The Morgan fingerprint density at radius 1 is 1.60 bits per heavy atom. The SMILES string of the molecule is O=C([O-])C1=C(F)C(F)(F)S[C@@H]2CC(=O)N12. The third kappa shape index (κ3) is 1.31. The van der Waals surface area contributed by atoms with E-state index >= 15 is 0 Å². The molecule has 0 radical (unpaired) electrons. The highest BCUT2D eigenvalue weighted by molar-refractivity contribution is 8.01. The smallest absolute Gasteiger partial charge is 0.348 e. The minimum absolute atomic E-state index is 0.0808. The number of fused-ring (bicyclic) bond motifs is 1.